The molecular formula is C17H19ClFN. The van der Waals surface area contributed by atoms with E-state index < -0.39 is 0 Å². The largest absolute Gasteiger partial charge is 0.378 e. The molecule has 3 heteroatoms. The summed E-state index contributed by atoms with van der Waals surface area (Å²) in [6.45, 7) is 3.94. The van der Waals surface area contributed by atoms with Gasteiger partial charge in [0.25, 0.3) is 0 Å². The van der Waals surface area contributed by atoms with Crippen molar-refractivity contribution in [3.05, 3.63) is 64.4 Å². The first-order valence-corrected chi connectivity index (χ1v) is 7.26. The lowest BCUT2D eigenvalue weighted by Gasteiger charge is -2.21. The third-order valence-electron chi connectivity index (χ3n) is 3.45. The van der Waals surface area contributed by atoms with Crippen LogP contribution in [0.3, 0.4) is 0 Å². The Morgan fingerprint density at radius 3 is 2.50 bits per heavy atom. The van der Waals surface area contributed by atoms with Gasteiger partial charge in [-0.25, -0.2) is 4.39 Å². The van der Waals surface area contributed by atoms with Gasteiger partial charge in [0, 0.05) is 16.3 Å². The fraction of sp³-hybridized carbons (Fsp3) is 0.294. The van der Waals surface area contributed by atoms with E-state index in [0.717, 1.165) is 23.6 Å². The Kier molecular flexibility index (Phi) is 5.02. The molecule has 1 nitrogen and oxygen atoms in total. The number of benzene rings is 2. The molecule has 1 atom stereocenters. The molecule has 20 heavy (non-hydrogen) atoms. The molecule has 1 unspecified atom stereocenters. The van der Waals surface area contributed by atoms with Crippen molar-refractivity contribution in [2.24, 2.45) is 0 Å². The first kappa shape index (κ1) is 14.9. The van der Waals surface area contributed by atoms with E-state index in [4.69, 9.17) is 11.6 Å². The number of rotatable bonds is 5. The summed E-state index contributed by atoms with van der Waals surface area (Å²) in [6, 6.07) is 13.1. The van der Waals surface area contributed by atoms with Crippen molar-refractivity contribution in [1.82, 2.24) is 0 Å². The Balaban J connectivity index is 2.25. The summed E-state index contributed by atoms with van der Waals surface area (Å²) in [4.78, 5) is 0. The van der Waals surface area contributed by atoms with Crippen LogP contribution in [-0.4, -0.2) is 0 Å². The average molecular weight is 292 g/mol. The molecule has 0 aliphatic heterocycles. The van der Waals surface area contributed by atoms with Crippen LogP contribution in [0, 0.1) is 12.7 Å². The van der Waals surface area contributed by atoms with Crippen LogP contribution in [0.25, 0.3) is 0 Å². The molecule has 2 rings (SSSR count). The minimum absolute atomic E-state index is 0.165. The Hall–Kier alpha value is -1.54. The third kappa shape index (κ3) is 3.51. The second-order valence-corrected chi connectivity index (χ2v) is 5.39. The minimum Gasteiger partial charge on any atom is -0.378 e. The number of anilines is 1. The monoisotopic (exact) mass is 291 g/mol. The van der Waals surface area contributed by atoms with E-state index in [0.29, 0.717) is 5.56 Å². The van der Waals surface area contributed by atoms with E-state index >= 15 is 0 Å². The summed E-state index contributed by atoms with van der Waals surface area (Å²) in [5, 5.41) is 4.17. The topological polar surface area (TPSA) is 12.0 Å². The zero-order chi connectivity index (χ0) is 14.5. The number of nitrogens with one attached hydrogen (secondary N) is 1. The molecule has 0 saturated heterocycles. The molecule has 0 heterocycles. The first-order valence-electron chi connectivity index (χ1n) is 6.89. The van der Waals surface area contributed by atoms with Gasteiger partial charge in [-0.2, -0.15) is 0 Å². The molecule has 0 aliphatic rings. The molecule has 2 aromatic rings. The molecule has 2 aromatic carbocycles. The van der Waals surface area contributed by atoms with Crippen molar-refractivity contribution >= 4 is 17.3 Å². The fourth-order valence-electron chi connectivity index (χ4n) is 2.26. The lowest BCUT2D eigenvalue weighted by molar-refractivity contribution is 0.617. The Morgan fingerprint density at radius 2 is 1.85 bits per heavy atom. The normalized spacial score (nSPS) is 12.2. The number of hydrogen-bond acceptors (Lipinski definition) is 1. The summed E-state index contributed by atoms with van der Waals surface area (Å²) in [6.07, 6.45) is 2.03. The molecule has 106 valence electrons. The van der Waals surface area contributed by atoms with Crippen molar-refractivity contribution < 1.29 is 4.39 Å². The Morgan fingerprint density at radius 1 is 1.15 bits per heavy atom. The number of hydrogen-bond donors (Lipinski definition) is 1. The van der Waals surface area contributed by atoms with Crippen molar-refractivity contribution in [2.75, 3.05) is 5.32 Å². The highest BCUT2D eigenvalue weighted by Gasteiger charge is 2.12. The average Bonchev–Trinajstić information content (AvgIpc) is 2.44. The summed E-state index contributed by atoms with van der Waals surface area (Å²) in [5.74, 6) is -0.179. The molecule has 0 bridgehead atoms. The minimum atomic E-state index is -0.179. The van der Waals surface area contributed by atoms with E-state index in [1.165, 1.54) is 11.6 Å². The van der Waals surface area contributed by atoms with Crippen LogP contribution in [0.2, 0.25) is 5.02 Å². The zero-order valence-electron chi connectivity index (χ0n) is 11.8. The van der Waals surface area contributed by atoms with Crippen molar-refractivity contribution in [3.63, 3.8) is 0 Å². The van der Waals surface area contributed by atoms with Gasteiger partial charge < -0.3 is 5.32 Å². The van der Waals surface area contributed by atoms with Gasteiger partial charge in [-0.3, -0.25) is 0 Å². The van der Waals surface area contributed by atoms with E-state index in [9.17, 15) is 4.39 Å². The molecule has 1 N–H and O–H groups in total. The molecule has 0 saturated carbocycles. The molecule has 0 amide bonds. The molecule has 0 aromatic heterocycles. The van der Waals surface area contributed by atoms with Crippen molar-refractivity contribution in [2.45, 2.75) is 32.7 Å². The van der Waals surface area contributed by atoms with Crippen LogP contribution in [0.1, 0.15) is 36.9 Å². The highest BCUT2D eigenvalue weighted by molar-refractivity contribution is 6.30. The number of halogens is 2. The molecule has 0 aliphatic carbocycles. The highest BCUT2D eigenvalue weighted by Crippen LogP contribution is 2.27. The lowest BCUT2D eigenvalue weighted by atomic mass is 10.0. The van der Waals surface area contributed by atoms with E-state index in [1.807, 2.05) is 30.3 Å². The van der Waals surface area contributed by atoms with Crippen LogP contribution < -0.4 is 5.32 Å². The lowest BCUT2D eigenvalue weighted by Crippen LogP contribution is -2.11. The van der Waals surface area contributed by atoms with Gasteiger partial charge in [0.1, 0.15) is 5.82 Å². The first-order chi connectivity index (χ1) is 9.61. The SMILES string of the molecule is CCCC(Nc1cccc(F)c1C)c1ccc(Cl)cc1. The summed E-state index contributed by atoms with van der Waals surface area (Å²) in [7, 11) is 0. The van der Waals surface area contributed by atoms with E-state index in [2.05, 4.69) is 12.2 Å². The van der Waals surface area contributed by atoms with Gasteiger partial charge >= 0.3 is 0 Å². The molecular weight excluding hydrogens is 273 g/mol. The van der Waals surface area contributed by atoms with E-state index in [-0.39, 0.29) is 11.9 Å². The summed E-state index contributed by atoms with van der Waals surface area (Å²) in [5.41, 5.74) is 2.67. The predicted molar refractivity (Wildman–Crippen MR) is 83.9 cm³/mol. The van der Waals surface area contributed by atoms with Gasteiger partial charge in [-0.1, -0.05) is 43.1 Å². The molecule has 0 fully saturated rings. The standard InChI is InChI=1S/C17H19ClFN/c1-3-5-17(13-8-10-14(18)11-9-13)20-16-7-4-6-15(19)12(16)2/h4,6-11,17,20H,3,5H2,1-2H3. The summed E-state index contributed by atoms with van der Waals surface area (Å²) < 4.78 is 13.6. The quantitative estimate of drug-likeness (QED) is 0.740. The fourth-order valence-corrected chi connectivity index (χ4v) is 2.38. The van der Waals surface area contributed by atoms with Gasteiger partial charge in [-0.15, -0.1) is 0 Å². The Labute approximate surface area is 124 Å². The third-order valence-corrected chi connectivity index (χ3v) is 3.70. The second kappa shape index (κ2) is 6.76. The van der Waals surface area contributed by atoms with Crippen LogP contribution in [0.15, 0.2) is 42.5 Å². The maximum absolute atomic E-state index is 13.6. The van der Waals surface area contributed by atoms with Crippen LogP contribution in [0.5, 0.6) is 0 Å². The van der Waals surface area contributed by atoms with Gasteiger partial charge in [0.05, 0.1) is 6.04 Å². The predicted octanol–water partition coefficient (Wildman–Crippen LogP) is 5.74. The van der Waals surface area contributed by atoms with Crippen LogP contribution in [0.4, 0.5) is 10.1 Å². The summed E-state index contributed by atoms with van der Waals surface area (Å²) >= 11 is 5.93. The van der Waals surface area contributed by atoms with Gasteiger partial charge in [0.15, 0.2) is 0 Å². The maximum Gasteiger partial charge on any atom is 0.128 e. The molecule has 0 radical (unpaired) electrons. The van der Waals surface area contributed by atoms with Crippen molar-refractivity contribution in [1.29, 1.82) is 0 Å². The smallest absolute Gasteiger partial charge is 0.128 e. The Bertz CT molecular complexity index is 566. The zero-order valence-corrected chi connectivity index (χ0v) is 12.5. The highest BCUT2D eigenvalue weighted by atomic mass is 35.5. The van der Waals surface area contributed by atoms with E-state index in [1.54, 1.807) is 13.0 Å². The van der Waals surface area contributed by atoms with Gasteiger partial charge in [0.2, 0.25) is 0 Å². The van der Waals surface area contributed by atoms with Crippen LogP contribution in [-0.2, 0) is 0 Å². The maximum atomic E-state index is 13.6. The van der Waals surface area contributed by atoms with Gasteiger partial charge in [-0.05, 0) is 43.2 Å². The molecule has 0 spiro atoms. The van der Waals surface area contributed by atoms with Crippen LogP contribution >= 0.6 is 11.6 Å². The van der Waals surface area contributed by atoms with Crippen molar-refractivity contribution in [3.8, 4) is 0 Å². The second-order valence-electron chi connectivity index (χ2n) is 4.95.